The molecule has 188 valence electrons. The van der Waals surface area contributed by atoms with Gasteiger partial charge < -0.3 is 26.0 Å². The molecule has 1 atom stereocenters. The molecule has 2 fully saturated rings. The minimum Gasteiger partial charge on any atom is -0.383 e. The number of fused-ring (bicyclic) bond motifs is 1. The molecule has 0 amide bonds. The van der Waals surface area contributed by atoms with E-state index in [-0.39, 0.29) is 5.56 Å². The van der Waals surface area contributed by atoms with Crippen LogP contribution in [0.15, 0.2) is 41.3 Å². The monoisotopic (exact) mass is 487 g/mol. The van der Waals surface area contributed by atoms with Gasteiger partial charge in [-0.2, -0.15) is 4.98 Å². The molecule has 2 aliphatic heterocycles. The SMILES string of the molecule is COCCn1c(=O)c(C#CC2CCNCC2)cc2cnc(Nc3ccc(NC4CCNC4)cc3)nc21. The van der Waals surface area contributed by atoms with Crippen molar-refractivity contribution in [3.8, 4) is 11.8 Å². The summed E-state index contributed by atoms with van der Waals surface area (Å²) in [6.07, 6.45) is 4.88. The molecule has 9 heteroatoms. The molecule has 2 saturated heterocycles. The first-order valence-corrected chi connectivity index (χ1v) is 12.7. The van der Waals surface area contributed by atoms with Crippen LogP contribution in [0, 0.1) is 17.8 Å². The topological polar surface area (TPSA) is 105 Å². The van der Waals surface area contributed by atoms with E-state index < -0.39 is 0 Å². The molecule has 36 heavy (non-hydrogen) atoms. The number of pyridine rings is 1. The van der Waals surface area contributed by atoms with Gasteiger partial charge in [-0.25, -0.2) is 4.98 Å². The molecule has 4 N–H and O–H groups in total. The summed E-state index contributed by atoms with van der Waals surface area (Å²) in [5.41, 5.74) is 2.85. The molecule has 0 spiro atoms. The lowest BCUT2D eigenvalue weighted by Gasteiger charge is -2.17. The number of aromatic nitrogens is 3. The lowest BCUT2D eigenvalue weighted by Crippen LogP contribution is -2.27. The van der Waals surface area contributed by atoms with Gasteiger partial charge in [-0.15, -0.1) is 0 Å². The highest BCUT2D eigenvalue weighted by Gasteiger charge is 2.15. The Hall–Kier alpha value is -3.45. The van der Waals surface area contributed by atoms with Crippen LogP contribution in [0.25, 0.3) is 11.0 Å². The first-order chi connectivity index (χ1) is 17.7. The van der Waals surface area contributed by atoms with Gasteiger partial charge in [-0.3, -0.25) is 9.36 Å². The largest absolute Gasteiger partial charge is 0.383 e. The van der Waals surface area contributed by atoms with Crippen LogP contribution in [0.4, 0.5) is 17.3 Å². The Morgan fingerprint density at radius 2 is 1.89 bits per heavy atom. The second kappa shape index (κ2) is 11.5. The van der Waals surface area contributed by atoms with Crippen LogP contribution in [0.2, 0.25) is 0 Å². The van der Waals surface area contributed by atoms with Crippen LogP contribution < -0.4 is 26.8 Å². The van der Waals surface area contributed by atoms with Gasteiger partial charge in [0.15, 0.2) is 0 Å². The number of piperidine rings is 1. The first kappa shape index (κ1) is 24.3. The Labute approximate surface area is 211 Å². The van der Waals surface area contributed by atoms with Crippen molar-refractivity contribution in [3.05, 3.63) is 52.4 Å². The summed E-state index contributed by atoms with van der Waals surface area (Å²) in [7, 11) is 1.62. The van der Waals surface area contributed by atoms with E-state index in [1.807, 2.05) is 24.3 Å². The Morgan fingerprint density at radius 1 is 1.11 bits per heavy atom. The summed E-state index contributed by atoms with van der Waals surface area (Å²) < 4.78 is 6.90. The molecule has 0 radical (unpaired) electrons. The van der Waals surface area contributed by atoms with Crippen molar-refractivity contribution >= 4 is 28.4 Å². The molecule has 2 aromatic heterocycles. The zero-order valence-electron chi connectivity index (χ0n) is 20.6. The van der Waals surface area contributed by atoms with Gasteiger partial charge in [0.05, 0.1) is 18.7 Å². The number of anilines is 3. The van der Waals surface area contributed by atoms with Crippen LogP contribution in [0.1, 0.15) is 24.8 Å². The van der Waals surface area contributed by atoms with Crippen LogP contribution in [-0.2, 0) is 11.3 Å². The maximum Gasteiger partial charge on any atom is 0.268 e. The normalized spacial score (nSPS) is 18.1. The van der Waals surface area contributed by atoms with Gasteiger partial charge in [-0.1, -0.05) is 11.8 Å². The molecule has 2 aliphatic rings. The number of rotatable bonds is 7. The molecule has 1 unspecified atom stereocenters. The van der Waals surface area contributed by atoms with E-state index in [1.54, 1.807) is 23.9 Å². The standard InChI is InChI=1S/C27H33N7O2/c1-36-15-14-34-25-21(16-20(26(34)35)3-2-19-8-11-28-12-9-19)17-30-27(33-25)32-23-6-4-22(5-7-23)31-24-10-13-29-18-24/h4-7,16-17,19,24,28-29,31H,8-15,18H2,1H3,(H,30,32,33). The number of nitrogens with zero attached hydrogens (tertiary/aromatic N) is 3. The third-order valence-electron chi connectivity index (χ3n) is 6.67. The van der Waals surface area contributed by atoms with Crippen molar-refractivity contribution in [1.82, 2.24) is 25.2 Å². The summed E-state index contributed by atoms with van der Waals surface area (Å²) in [5.74, 6) is 7.19. The van der Waals surface area contributed by atoms with Gasteiger partial charge in [0, 0.05) is 48.6 Å². The summed E-state index contributed by atoms with van der Waals surface area (Å²) in [5, 5.41) is 14.3. The predicted octanol–water partition coefficient (Wildman–Crippen LogP) is 2.31. The Morgan fingerprint density at radius 3 is 2.64 bits per heavy atom. The van der Waals surface area contributed by atoms with Gasteiger partial charge in [0.2, 0.25) is 5.95 Å². The van der Waals surface area contributed by atoms with Gasteiger partial charge in [0.1, 0.15) is 5.65 Å². The first-order valence-electron chi connectivity index (χ1n) is 12.7. The average molecular weight is 488 g/mol. The molecule has 9 nitrogen and oxygen atoms in total. The maximum absolute atomic E-state index is 13.3. The zero-order chi connectivity index (χ0) is 24.7. The molecule has 0 aliphatic carbocycles. The molecule has 3 aromatic rings. The number of hydrogen-bond acceptors (Lipinski definition) is 8. The highest BCUT2D eigenvalue weighted by molar-refractivity contribution is 5.77. The van der Waals surface area contributed by atoms with E-state index in [0.29, 0.717) is 42.3 Å². The molecule has 5 rings (SSSR count). The Bertz CT molecular complexity index is 1300. The van der Waals surface area contributed by atoms with Crippen LogP contribution >= 0.6 is 0 Å². The van der Waals surface area contributed by atoms with Crippen LogP contribution in [-0.4, -0.2) is 60.5 Å². The zero-order valence-corrected chi connectivity index (χ0v) is 20.6. The van der Waals surface area contributed by atoms with Crippen molar-refractivity contribution < 1.29 is 4.74 Å². The smallest absolute Gasteiger partial charge is 0.268 e. The third kappa shape index (κ3) is 5.85. The molecule has 0 bridgehead atoms. The average Bonchev–Trinajstić information content (AvgIpc) is 3.42. The van der Waals surface area contributed by atoms with Crippen molar-refractivity contribution in [2.45, 2.75) is 31.8 Å². The highest BCUT2D eigenvalue weighted by atomic mass is 16.5. The van der Waals surface area contributed by atoms with Crippen LogP contribution in [0.3, 0.4) is 0 Å². The molecule has 1 aromatic carbocycles. The van der Waals surface area contributed by atoms with Crippen molar-refractivity contribution in [2.24, 2.45) is 5.92 Å². The lowest BCUT2D eigenvalue weighted by atomic mass is 9.98. The minimum absolute atomic E-state index is 0.150. The van der Waals surface area contributed by atoms with Crippen molar-refractivity contribution in [3.63, 3.8) is 0 Å². The van der Waals surface area contributed by atoms with Gasteiger partial charge in [0.25, 0.3) is 5.56 Å². The van der Waals surface area contributed by atoms with Gasteiger partial charge >= 0.3 is 0 Å². The number of hydrogen-bond donors (Lipinski definition) is 4. The molecule has 0 saturated carbocycles. The summed E-state index contributed by atoms with van der Waals surface area (Å²) >= 11 is 0. The van der Waals surface area contributed by atoms with E-state index in [0.717, 1.165) is 62.2 Å². The van der Waals surface area contributed by atoms with Crippen molar-refractivity contribution in [1.29, 1.82) is 0 Å². The van der Waals surface area contributed by atoms with E-state index in [4.69, 9.17) is 4.74 Å². The fourth-order valence-electron chi connectivity index (χ4n) is 4.64. The maximum atomic E-state index is 13.3. The molecular weight excluding hydrogens is 454 g/mol. The molecular formula is C27H33N7O2. The van der Waals surface area contributed by atoms with E-state index >= 15 is 0 Å². The Kier molecular flexibility index (Phi) is 7.76. The summed E-state index contributed by atoms with van der Waals surface area (Å²) in [6.45, 7) is 4.77. The van der Waals surface area contributed by atoms with Gasteiger partial charge in [-0.05, 0) is 69.2 Å². The minimum atomic E-state index is -0.150. The number of methoxy groups -OCH3 is 1. The fraction of sp³-hybridized carbons (Fsp3) is 0.444. The summed E-state index contributed by atoms with van der Waals surface area (Å²) in [6, 6.07) is 10.3. The Balaban J connectivity index is 1.39. The molecule has 4 heterocycles. The number of benzene rings is 1. The number of ether oxygens (including phenoxy) is 1. The van der Waals surface area contributed by atoms with E-state index in [1.165, 1.54) is 0 Å². The lowest BCUT2D eigenvalue weighted by molar-refractivity contribution is 0.187. The van der Waals surface area contributed by atoms with E-state index in [9.17, 15) is 4.79 Å². The summed E-state index contributed by atoms with van der Waals surface area (Å²) in [4.78, 5) is 22.5. The van der Waals surface area contributed by atoms with Crippen molar-refractivity contribution in [2.75, 3.05) is 50.5 Å². The number of nitrogens with one attached hydrogen (secondary N) is 4. The van der Waals surface area contributed by atoms with E-state index in [2.05, 4.69) is 43.1 Å². The highest BCUT2D eigenvalue weighted by Crippen LogP contribution is 2.20. The fourth-order valence-corrected chi connectivity index (χ4v) is 4.64. The van der Waals surface area contributed by atoms with Crippen LogP contribution in [0.5, 0.6) is 0 Å². The third-order valence-corrected chi connectivity index (χ3v) is 6.67. The second-order valence-corrected chi connectivity index (χ2v) is 9.31. The quantitative estimate of drug-likeness (QED) is 0.377. The second-order valence-electron chi connectivity index (χ2n) is 9.31. The predicted molar refractivity (Wildman–Crippen MR) is 143 cm³/mol.